The minimum absolute atomic E-state index is 0.0780. The number of ketones is 1. The molecule has 0 saturated carbocycles. The number of aliphatic imine (C=N–C) groups is 1. The number of hydrogen-bond acceptors (Lipinski definition) is 6. The number of anilines is 1. The largest absolute Gasteiger partial charge is 0.337 e. The Kier molecular flexibility index (Phi) is 3.93. The zero-order valence-corrected chi connectivity index (χ0v) is 13.9. The molecule has 1 aliphatic rings. The highest BCUT2D eigenvalue weighted by Crippen LogP contribution is 2.24. The van der Waals surface area contributed by atoms with Crippen molar-refractivity contribution in [2.45, 2.75) is 32.2 Å². The van der Waals surface area contributed by atoms with Crippen LogP contribution in [-0.2, 0) is 5.41 Å². The molecule has 0 bridgehead atoms. The third-order valence-corrected chi connectivity index (χ3v) is 3.72. The van der Waals surface area contributed by atoms with Gasteiger partial charge in [-0.05, 0) is 17.3 Å². The normalized spacial score (nSPS) is 17.7. The van der Waals surface area contributed by atoms with E-state index >= 15 is 0 Å². The number of carbonyl (C=O) groups excluding carboxylic acids is 1. The van der Waals surface area contributed by atoms with E-state index in [2.05, 4.69) is 15.1 Å². The fourth-order valence-electron chi connectivity index (χ4n) is 2.20. The zero-order valence-electron chi connectivity index (χ0n) is 13.2. The molecule has 120 valence electrons. The van der Waals surface area contributed by atoms with Crippen molar-refractivity contribution in [3.05, 3.63) is 40.7 Å². The topological polar surface area (TPSA) is 71.6 Å². The summed E-state index contributed by atoms with van der Waals surface area (Å²) in [5.74, 6) is 0.886. The van der Waals surface area contributed by atoms with Crippen molar-refractivity contribution >= 4 is 29.7 Å². The van der Waals surface area contributed by atoms with Gasteiger partial charge in [-0.2, -0.15) is 4.98 Å². The molecule has 1 aromatic heterocycles. The van der Waals surface area contributed by atoms with Crippen LogP contribution in [0.25, 0.3) is 0 Å². The molecule has 0 amide bonds. The van der Waals surface area contributed by atoms with Gasteiger partial charge in [-0.25, -0.2) is 0 Å². The van der Waals surface area contributed by atoms with Gasteiger partial charge in [-0.3, -0.25) is 14.7 Å². The van der Waals surface area contributed by atoms with Gasteiger partial charge < -0.3 is 4.52 Å². The molecule has 6 nitrogen and oxygen atoms in total. The van der Waals surface area contributed by atoms with Crippen molar-refractivity contribution in [2.75, 3.05) is 11.4 Å². The van der Waals surface area contributed by atoms with Crippen molar-refractivity contribution in [1.29, 1.82) is 0 Å². The summed E-state index contributed by atoms with van der Waals surface area (Å²) in [5, 5.41) is 4.49. The first-order chi connectivity index (χ1) is 10.8. The van der Waals surface area contributed by atoms with Crippen LogP contribution in [0.5, 0.6) is 0 Å². The Hall–Kier alpha value is -2.21. The van der Waals surface area contributed by atoms with Crippen molar-refractivity contribution in [2.24, 2.45) is 4.99 Å². The van der Waals surface area contributed by atoms with Crippen LogP contribution >= 0.6 is 11.6 Å². The number of hydrogen-bond donors (Lipinski definition) is 0. The molecule has 1 aromatic carbocycles. The summed E-state index contributed by atoms with van der Waals surface area (Å²) in [4.78, 5) is 22.8. The first-order valence-electron chi connectivity index (χ1n) is 7.28. The number of carbonyl (C=O) groups is 1. The quantitative estimate of drug-likeness (QED) is 0.807. The predicted octanol–water partition coefficient (Wildman–Crippen LogP) is 3.12. The van der Waals surface area contributed by atoms with Crippen LogP contribution in [0.3, 0.4) is 0 Å². The maximum Gasteiger partial charge on any atom is 0.271 e. The molecule has 0 spiro atoms. The van der Waals surface area contributed by atoms with Crippen LogP contribution in [0, 0.1) is 0 Å². The third kappa shape index (κ3) is 3.27. The molecule has 0 fully saturated rings. The molecule has 3 rings (SSSR count). The summed E-state index contributed by atoms with van der Waals surface area (Å²) in [6.07, 6.45) is 1.57. The predicted molar refractivity (Wildman–Crippen MR) is 88.4 cm³/mol. The van der Waals surface area contributed by atoms with Gasteiger partial charge in [0.05, 0.1) is 12.9 Å². The fourth-order valence-corrected chi connectivity index (χ4v) is 2.39. The zero-order chi connectivity index (χ0) is 16.6. The van der Waals surface area contributed by atoms with Crippen LogP contribution < -0.4 is 4.90 Å². The lowest BCUT2D eigenvalue weighted by atomic mass is 9.97. The van der Waals surface area contributed by atoms with E-state index in [1.807, 2.05) is 20.8 Å². The average molecular weight is 333 g/mol. The summed E-state index contributed by atoms with van der Waals surface area (Å²) >= 11 is 5.93. The van der Waals surface area contributed by atoms with Crippen molar-refractivity contribution in [3.63, 3.8) is 0 Å². The second-order valence-electron chi connectivity index (χ2n) is 6.46. The summed E-state index contributed by atoms with van der Waals surface area (Å²) in [6.45, 7) is 6.37. The fraction of sp³-hybridized carbons (Fsp3) is 0.375. The Bertz CT molecular complexity index is 763. The summed E-state index contributed by atoms with van der Waals surface area (Å²) < 4.78 is 5.27. The highest BCUT2D eigenvalue weighted by atomic mass is 35.5. The monoisotopic (exact) mass is 332 g/mol. The van der Waals surface area contributed by atoms with E-state index in [-0.39, 0.29) is 11.2 Å². The summed E-state index contributed by atoms with van der Waals surface area (Å²) in [5.41, 5.74) is 0.322. The molecule has 7 heteroatoms. The molecule has 0 saturated heterocycles. The van der Waals surface area contributed by atoms with Gasteiger partial charge in [0.1, 0.15) is 6.04 Å². The van der Waals surface area contributed by atoms with Gasteiger partial charge in [0.15, 0.2) is 5.78 Å². The molecule has 1 atom stereocenters. The Morgan fingerprint density at radius 2 is 2.17 bits per heavy atom. The van der Waals surface area contributed by atoms with Gasteiger partial charge in [0.25, 0.3) is 5.95 Å². The van der Waals surface area contributed by atoms with Crippen molar-refractivity contribution in [1.82, 2.24) is 10.1 Å². The molecule has 0 N–H and O–H groups in total. The van der Waals surface area contributed by atoms with E-state index in [0.29, 0.717) is 29.0 Å². The molecule has 1 aliphatic heterocycles. The Morgan fingerprint density at radius 1 is 1.39 bits per heavy atom. The van der Waals surface area contributed by atoms with Crippen LogP contribution in [0.1, 0.15) is 37.0 Å². The van der Waals surface area contributed by atoms with Crippen LogP contribution in [-0.4, -0.2) is 34.8 Å². The first kappa shape index (κ1) is 15.7. The van der Waals surface area contributed by atoms with Gasteiger partial charge in [0, 0.05) is 16.0 Å². The van der Waals surface area contributed by atoms with Crippen molar-refractivity contribution < 1.29 is 9.32 Å². The van der Waals surface area contributed by atoms with E-state index in [4.69, 9.17) is 16.1 Å². The molecule has 2 heterocycles. The van der Waals surface area contributed by atoms with Gasteiger partial charge >= 0.3 is 0 Å². The highest BCUT2D eigenvalue weighted by molar-refractivity contribution is 6.31. The van der Waals surface area contributed by atoms with E-state index in [1.165, 1.54) is 0 Å². The van der Waals surface area contributed by atoms with Gasteiger partial charge in [-0.15, -0.1) is 0 Å². The number of benzene rings is 1. The smallest absolute Gasteiger partial charge is 0.271 e. The maximum absolute atomic E-state index is 12.5. The second kappa shape index (κ2) is 5.77. The molecule has 2 aromatic rings. The minimum atomic E-state index is -0.495. The van der Waals surface area contributed by atoms with Crippen molar-refractivity contribution in [3.8, 4) is 0 Å². The molecule has 0 radical (unpaired) electrons. The van der Waals surface area contributed by atoms with Crippen LogP contribution in [0.2, 0.25) is 5.02 Å². The summed E-state index contributed by atoms with van der Waals surface area (Å²) in [7, 11) is 0. The third-order valence-electron chi connectivity index (χ3n) is 3.48. The second-order valence-corrected chi connectivity index (χ2v) is 6.89. The minimum Gasteiger partial charge on any atom is -0.337 e. The van der Waals surface area contributed by atoms with E-state index in [9.17, 15) is 4.79 Å². The number of rotatable bonds is 3. The molecular formula is C16H17ClN4O2. The molecular weight excluding hydrogens is 316 g/mol. The molecule has 0 aliphatic carbocycles. The Balaban J connectivity index is 1.73. The Morgan fingerprint density at radius 3 is 2.83 bits per heavy atom. The SMILES string of the molecule is CC(C)(C)c1nc(N2C=NC(C(=O)c3cccc(Cl)c3)C2)no1. The van der Waals surface area contributed by atoms with Crippen LogP contribution in [0.15, 0.2) is 33.8 Å². The highest BCUT2D eigenvalue weighted by Gasteiger charge is 2.30. The summed E-state index contributed by atoms with van der Waals surface area (Å²) in [6, 6.07) is 6.37. The maximum atomic E-state index is 12.5. The lowest BCUT2D eigenvalue weighted by molar-refractivity contribution is 0.0968. The van der Waals surface area contributed by atoms with Crippen LogP contribution in [0.4, 0.5) is 5.95 Å². The molecule has 1 unspecified atom stereocenters. The number of nitrogens with zero attached hydrogens (tertiary/aromatic N) is 4. The number of Topliss-reactive ketones (excluding diaryl/α,β-unsaturated/α-hetero) is 1. The van der Waals surface area contributed by atoms with E-state index < -0.39 is 6.04 Å². The average Bonchev–Trinajstić information content (AvgIpc) is 3.14. The lowest BCUT2D eigenvalue weighted by Gasteiger charge is -2.12. The lowest BCUT2D eigenvalue weighted by Crippen LogP contribution is -2.29. The standard InChI is InChI=1S/C16H17ClN4O2/c1-16(2,3)14-19-15(20-23-14)21-8-12(18-9-21)13(22)10-5-4-6-11(17)7-10/h4-7,9,12H,8H2,1-3H3. The van der Waals surface area contributed by atoms with Gasteiger partial charge in [-0.1, -0.05) is 44.5 Å². The number of aromatic nitrogens is 2. The van der Waals surface area contributed by atoms with E-state index in [0.717, 1.165) is 0 Å². The first-order valence-corrected chi connectivity index (χ1v) is 7.66. The van der Waals surface area contributed by atoms with Gasteiger partial charge in [0.2, 0.25) is 5.89 Å². The van der Waals surface area contributed by atoms with E-state index in [1.54, 1.807) is 35.5 Å². The Labute approximate surface area is 139 Å². The number of halogens is 1. The molecule has 23 heavy (non-hydrogen) atoms.